The third kappa shape index (κ3) is 29.0. The summed E-state index contributed by atoms with van der Waals surface area (Å²) in [4.78, 5) is 32.8. The fourth-order valence-electron chi connectivity index (χ4n) is 10.6. The molecule has 17 nitrogen and oxygen atoms in total. The molecule has 0 spiro atoms. The van der Waals surface area contributed by atoms with Crippen molar-refractivity contribution in [2.24, 2.45) is 0 Å². The van der Waals surface area contributed by atoms with Crippen molar-refractivity contribution >= 4 is 0 Å². The smallest absolute Gasteiger partial charge is 0.0991 e. The van der Waals surface area contributed by atoms with Crippen LogP contribution in [0.3, 0.4) is 0 Å². The van der Waals surface area contributed by atoms with Gasteiger partial charge in [0, 0.05) is 217 Å². The van der Waals surface area contributed by atoms with Gasteiger partial charge in [0.1, 0.15) is 0 Å². The summed E-state index contributed by atoms with van der Waals surface area (Å²) in [5, 5.41) is 41.3. The summed E-state index contributed by atoms with van der Waals surface area (Å²) >= 11 is 0. The van der Waals surface area contributed by atoms with Gasteiger partial charge in [0.15, 0.2) is 0 Å². The SMILES string of the molecule is Fc1c[c-]c(-c2ccccn2)c(F)c1.Fc1c[c-]c(-c2ccccn2)c(F)c1.Fc1c[c-]c(-c2ccccn2)c(F)c1.Fc1c[c-]c(-c2ccccn2)cc1.N#Cc1ccc(-c2cc(-c3ccccn3)[n-]n2)cc1.[Ir].[Ir].[Ir].[Ir].c1ccc(-c2cc(-c3ccccn3)[n-]n2)cc1.c1ccc(-c2cc(-c3ccccn3)[n-]n2)cc1.c1ccc(-c2ccn[n-]2)nc1. The van der Waals surface area contributed by atoms with Gasteiger partial charge in [0.05, 0.1) is 11.6 Å². The van der Waals surface area contributed by atoms with Gasteiger partial charge in [-0.25, -0.2) is 0 Å². The van der Waals surface area contributed by atoms with E-state index in [-0.39, 0.29) is 103 Å². The van der Waals surface area contributed by atoms with Crippen molar-refractivity contribution in [1.29, 1.82) is 5.26 Å². The van der Waals surface area contributed by atoms with Gasteiger partial charge >= 0.3 is 0 Å². The second-order valence-electron chi connectivity index (χ2n) is 24.4. The number of aromatic nitrogens is 16. The molecule has 0 bridgehead atoms. The predicted octanol–water partition coefficient (Wildman–Crippen LogP) is 20.4. The Labute approximate surface area is 757 Å². The van der Waals surface area contributed by atoms with E-state index < -0.39 is 34.9 Å². The zero-order valence-corrected chi connectivity index (χ0v) is 73.3. The van der Waals surface area contributed by atoms with Gasteiger partial charge in [0.25, 0.3) is 0 Å². The Bertz CT molecular complexity index is 5830. The molecule has 0 N–H and O–H groups in total. The number of nitrogens with zero attached hydrogens (tertiary/aromatic N) is 17. The molecular formula is C95H60F7Ir4N17-8. The molecule has 0 aliphatic carbocycles. The molecule has 4 radical (unpaired) electrons. The van der Waals surface area contributed by atoms with Crippen LogP contribution in [-0.4, -0.2) is 60.3 Å². The average Bonchev–Trinajstić information content (AvgIpc) is 1.65. The quantitative estimate of drug-likeness (QED) is 0.0864. The van der Waals surface area contributed by atoms with Crippen LogP contribution in [0.4, 0.5) is 30.7 Å². The molecule has 28 heteroatoms. The zero-order valence-electron chi connectivity index (χ0n) is 63.7. The monoisotopic (exact) mass is 2340 g/mol. The van der Waals surface area contributed by atoms with Crippen molar-refractivity contribution in [2.45, 2.75) is 0 Å². The summed E-state index contributed by atoms with van der Waals surface area (Å²) in [5.74, 6) is -4.14. The zero-order chi connectivity index (χ0) is 82.6. The van der Waals surface area contributed by atoms with Crippen LogP contribution in [0, 0.1) is 76.3 Å². The molecule has 0 saturated heterocycles. The Hall–Kier alpha value is -13.8. The maximum atomic E-state index is 13.2. The molecule has 0 aliphatic rings. The van der Waals surface area contributed by atoms with Crippen LogP contribution in [0.1, 0.15) is 5.56 Å². The Morgan fingerprint density at radius 2 is 0.537 bits per heavy atom. The summed E-state index contributed by atoms with van der Waals surface area (Å²) < 4.78 is 89.9. The van der Waals surface area contributed by atoms with Gasteiger partial charge in [-0.1, -0.05) is 209 Å². The molecule has 19 rings (SSSR count). The minimum Gasteiger partial charge on any atom is -0.574 e. The van der Waals surface area contributed by atoms with Crippen LogP contribution in [0.15, 0.2) is 365 Å². The van der Waals surface area contributed by atoms with Crippen LogP contribution < -0.4 is 20.4 Å². The fraction of sp³-hybridized carbons (Fsp3) is 0. The first-order valence-corrected chi connectivity index (χ1v) is 36.0. The Morgan fingerprint density at radius 3 is 0.813 bits per heavy atom. The van der Waals surface area contributed by atoms with Crippen molar-refractivity contribution in [2.75, 3.05) is 0 Å². The molecule has 0 unspecified atom stereocenters. The summed E-state index contributed by atoms with van der Waals surface area (Å²) in [5.41, 5.74) is 16.3. The Balaban J connectivity index is 0.000000174. The Morgan fingerprint density at radius 1 is 0.244 bits per heavy atom. The molecular weight excluding hydrogens is 2280 g/mol. The number of nitriles is 1. The minimum atomic E-state index is -0.649. The summed E-state index contributed by atoms with van der Waals surface area (Å²) in [6.45, 7) is 0. The van der Waals surface area contributed by atoms with E-state index in [4.69, 9.17) is 5.26 Å². The normalized spacial score (nSPS) is 9.80. The Kier molecular flexibility index (Phi) is 38.7. The van der Waals surface area contributed by atoms with Crippen LogP contribution >= 0.6 is 0 Å². The molecule has 19 aromatic rings. The molecule has 12 aromatic heterocycles. The van der Waals surface area contributed by atoms with E-state index >= 15 is 0 Å². The van der Waals surface area contributed by atoms with Crippen LogP contribution in [0.5, 0.6) is 0 Å². The second kappa shape index (κ2) is 50.3. The fourth-order valence-corrected chi connectivity index (χ4v) is 10.6. The van der Waals surface area contributed by atoms with Crippen molar-refractivity contribution in [1.82, 2.24) is 80.7 Å². The molecule has 123 heavy (non-hydrogen) atoms. The standard InChI is InChI=1S/C15H9N4.2C14H10N3.3C11H6F2N.C11H7FN.C8H6N3.4Ir/c16-10-11-4-6-12(7-5-11)14-9-15(19-18-14)13-3-1-2-8-17-13;2*1-2-6-11(7-3-1)13-10-14(17-16-13)12-8-4-5-9-15-12;3*12-8-4-5-9(10(13)7-8)11-3-1-2-6-14-11;12-10-6-4-9(5-7-10)11-3-1-2-8-13-11;1-2-5-9-7(3-1)8-4-6-10-11-8;;;;/h1-9H;2*1-10H;3*1-4,6-7H;1-4,6-8H;1-6H;;;;/q8*-1;;;;. The molecule has 618 valence electrons. The van der Waals surface area contributed by atoms with Gasteiger partial charge in [-0.3, -0.25) is 50.7 Å². The van der Waals surface area contributed by atoms with E-state index in [1.165, 1.54) is 12.1 Å². The van der Waals surface area contributed by atoms with Gasteiger partial charge in [-0.05, 0) is 143 Å². The van der Waals surface area contributed by atoms with Crippen LogP contribution in [0.2, 0.25) is 0 Å². The number of rotatable bonds is 11. The van der Waals surface area contributed by atoms with Crippen molar-refractivity contribution in [3.63, 3.8) is 0 Å². The number of benzene rings is 7. The van der Waals surface area contributed by atoms with Crippen LogP contribution in [0.25, 0.3) is 124 Å². The first-order valence-electron chi connectivity index (χ1n) is 36.0. The maximum Gasteiger partial charge on any atom is 0.0991 e. The third-order valence-electron chi connectivity index (χ3n) is 16.3. The number of hydrogen-bond acceptors (Lipinski definition) is 13. The van der Waals surface area contributed by atoms with Gasteiger partial charge in [-0.2, -0.15) is 5.26 Å². The molecule has 0 aliphatic heterocycles. The van der Waals surface area contributed by atoms with E-state index in [9.17, 15) is 30.7 Å². The van der Waals surface area contributed by atoms with Gasteiger partial charge in [0.2, 0.25) is 0 Å². The topological polar surface area (TPSA) is 235 Å². The summed E-state index contributed by atoms with van der Waals surface area (Å²) in [6.07, 6.45) is 15.0. The van der Waals surface area contributed by atoms with Crippen molar-refractivity contribution < 1.29 is 111 Å². The predicted molar refractivity (Wildman–Crippen MR) is 438 cm³/mol. The first-order chi connectivity index (χ1) is 58.4. The number of pyridine rings is 8. The summed E-state index contributed by atoms with van der Waals surface area (Å²) in [6, 6.07) is 101. The number of hydrogen-bond donors (Lipinski definition) is 0. The summed E-state index contributed by atoms with van der Waals surface area (Å²) in [7, 11) is 0. The van der Waals surface area contributed by atoms with Crippen molar-refractivity contribution in [3.05, 3.63) is 436 Å². The molecule has 0 atom stereocenters. The van der Waals surface area contributed by atoms with Crippen LogP contribution in [-0.2, 0) is 80.4 Å². The minimum absolute atomic E-state index is 0. The van der Waals surface area contributed by atoms with Crippen molar-refractivity contribution in [3.8, 4) is 130 Å². The molecule has 0 fully saturated rings. The van der Waals surface area contributed by atoms with E-state index in [0.717, 1.165) is 127 Å². The van der Waals surface area contributed by atoms with E-state index in [1.54, 1.807) is 129 Å². The molecule has 0 saturated carbocycles. The van der Waals surface area contributed by atoms with Gasteiger partial charge in [-0.15, -0.1) is 66.2 Å². The van der Waals surface area contributed by atoms with E-state index in [0.29, 0.717) is 22.6 Å². The van der Waals surface area contributed by atoms with E-state index in [2.05, 4.69) is 111 Å². The molecule has 12 heterocycles. The average molecular weight is 2340 g/mol. The largest absolute Gasteiger partial charge is 0.574 e. The van der Waals surface area contributed by atoms with E-state index in [1.807, 2.05) is 188 Å². The third-order valence-corrected chi connectivity index (χ3v) is 16.3. The first kappa shape index (κ1) is 94.7. The maximum absolute atomic E-state index is 13.2. The second-order valence-corrected chi connectivity index (χ2v) is 24.4. The number of halogens is 7. The van der Waals surface area contributed by atoms with Gasteiger partial charge < -0.3 is 60.7 Å². The molecule has 0 amide bonds. The molecule has 7 aromatic carbocycles.